The summed E-state index contributed by atoms with van der Waals surface area (Å²) in [6.07, 6.45) is 9.92. The van der Waals surface area contributed by atoms with Crippen LogP contribution in [0, 0.1) is 61.3 Å². The van der Waals surface area contributed by atoms with Crippen LogP contribution in [0.5, 0.6) is 0 Å². The molecule has 4 bridgehead atoms. The van der Waals surface area contributed by atoms with Crippen molar-refractivity contribution in [1.29, 1.82) is 0 Å². The minimum absolute atomic E-state index is 0. The zero-order valence-corrected chi connectivity index (χ0v) is 31.9. The fraction of sp³-hybridized carbons (Fsp3) is 0.500. The molecule has 0 spiro atoms. The van der Waals surface area contributed by atoms with Crippen LogP contribution in [0.25, 0.3) is 32.9 Å². The number of nitrogens with zero attached hydrogens (tertiary/aromatic N) is 2. The van der Waals surface area contributed by atoms with Gasteiger partial charge in [-0.15, -0.1) is 35.4 Å². The Bertz CT molecular complexity index is 1800. The Morgan fingerprint density at radius 1 is 0.979 bits per heavy atom. The molecule has 3 aromatic carbocycles. The third kappa shape index (κ3) is 7.27. The third-order valence-electron chi connectivity index (χ3n) is 10.7. The molecule has 0 unspecified atom stereocenters. The Hall–Kier alpha value is -2.88. The normalized spacial score (nSPS) is 23.5. The fourth-order valence-corrected chi connectivity index (χ4v) is 8.91. The zero-order valence-electron chi connectivity index (χ0n) is 29.5. The summed E-state index contributed by atoms with van der Waals surface area (Å²) in [7, 11) is 0. The minimum atomic E-state index is -0.321. The maximum atomic E-state index is 12.7. The summed E-state index contributed by atoms with van der Waals surface area (Å²) in [4.78, 5) is 22.3. The van der Waals surface area contributed by atoms with Crippen LogP contribution in [-0.4, -0.2) is 20.9 Å². The molecule has 8 rings (SSSR count). The number of aromatic nitrogens is 2. The zero-order chi connectivity index (χ0) is 33.0. The largest absolute Gasteiger partial charge is 0.512 e. The number of fused-ring (bicyclic) bond motifs is 3. The van der Waals surface area contributed by atoms with Gasteiger partial charge in [0.2, 0.25) is 0 Å². The van der Waals surface area contributed by atoms with Crippen LogP contribution in [0.15, 0.2) is 54.3 Å². The van der Waals surface area contributed by atoms with Gasteiger partial charge in [0, 0.05) is 42.4 Å². The van der Waals surface area contributed by atoms with E-state index < -0.39 is 0 Å². The van der Waals surface area contributed by atoms with E-state index in [4.69, 9.17) is 9.97 Å². The molecule has 1 N–H and O–H groups in total. The van der Waals surface area contributed by atoms with Crippen LogP contribution >= 0.6 is 0 Å². The number of allylic oxidation sites excluding steroid dienone is 2. The molecule has 0 saturated heterocycles. The van der Waals surface area contributed by atoms with Crippen molar-refractivity contribution in [3.8, 4) is 11.3 Å². The van der Waals surface area contributed by atoms with E-state index in [0.29, 0.717) is 5.92 Å². The van der Waals surface area contributed by atoms with Gasteiger partial charge in [0.1, 0.15) is 11.6 Å². The van der Waals surface area contributed by atoms with Crippen molar-refractivity contribution in [1.82, 2.24) is 9.97 Å². The smallest absolute Gasteiger partial charge is 0.165 e. The van der Waals surface area contributed by atoms with E-state index in [-0.39, 0.29) is 42.5 Å². The molecule has 5 heteroatoms. The number of carbonyl (C=O) groups excluding carboxylic acids is 1. The van der Waals surface area contributed by atoms with Gasteiger partial charge in [-0.1, -0.05) is 65.8 Å². The topological polar surface area (TPSA) is 63.1 Å². The Morgan fingerprint density at radius 3 is 2.19 bits per heavy atom. The van der Waals surface area contributed by atoms with Crippen molar-refractivity contribution < 1.29 is 30.0 Å². The summed E-state index contributed by atoms with van der Waals surface area (Å²) in [6, 6.07) is 18.5. The molecule has 0 amide bonds. The second kappa shape index (κ2) is 13.6. The SMILES string of the molecule is CC(C)(C)/C(O)=C/C(=O)C12CC3CC(CC(C3)C1)C2.Cc1nc(-c2[c-]cccc2C)c2ccc3cc(CC(C)C)cc(C)c3c2n1.[Ir]. The molecule has 0 aliphatic heterocycles. The van der Waals surface area contributed by atoms with Gasteiger partial charge in [0.15, 0.2) is 5.78 Å². The Balaban J connectivity index is 0.000000191. The van der Waals surface area contributed by atoms with Crippen molar-refractivity contribution in [2.75, 3.05) is 0 Å². The average Bonchev–Trinajstić information content (AvgIpc) is 2.95. The van der Waals surface area contributed by atoms with E-state index in [1.54, 1.807) is 6.08 Å². The maximum absolute atomic E-state index is 12.7. The van der Waals surface area contributed by atoms with Crippen molar-refractivity contribution >= 4 is 27.5 Å². The van der Waals surface area contributed by atoms with Gasteiger partial charge in [0.05, 0.1) is 5.52 Å². The molecule has 4 aliphatic rings. The van der Waals surface area contributed by atoms with Crippen molar-refractivity contribution in [2.45, 2.75) is 100 Å². The number of aryl methyl sites for hydroxylation is 3. The summed E-state index contributed by atoms with van der Waals surface area (Å²) >= 11 is 0. The molecule has 0 atom stereocenters. The van der Waals surface area contributed by atoms with Crippen LogP contribution < -0.4 is 0 Å². The predicted octanol–water partition coefficient (Wildman–Crippen LogP) is 10.6. The van der Waals surface area contributed by atoms with Crippen LogP contribution in [0.1, 0.15) is 95.7 Å². The van der Waals surface area contributed by atoms with E-state index in [9.17, 15) is 9.90 Å². The number of hydrogen-bond donors (Lipinski definition) is 1. The van der Waals surface area contributed by atoms with Gasteiger partial charge < -0.3 is 5.11 Å². The van der Waals surface area contributed by atoms with Gasteiger partial charge in [0.25, 0.3) is 0 Å². The molecule has 47 heavy (non-hydrogen) atoms. The molecule has 1 radical (unpaired) electrons. The molecule has 251 valence electrons. The summed E-state index contributed by atoms with van der Waals surface area (Å²) in [6.45, 7) is 16.7. The maximum Gasteiger partial charge on any atom is 0.165 e. The van der Waals surface area contributed by atoms with E-state index >= 15 is 0 Å². The van der Waals surface area contributed by atoms with Crippen LogP contribution in [0.3, 0.4) is 0 Å². The first-order chi connectivity index (χ1) is 21.7. The van der Waals surface area contributed by atoms with E-state index in [0.717, 1.165) is 71.4 Å². The van der Waals surface area contributed by atoms with E-state index in [1.165, 1.54) is 46.7 Å². The van der Waals surface area contributed by atoms with Crippen LogP contribution in [0.2, 0.25) is 0 Å². The monoisotopic (exact) mass is 808 g/mol. The average molecular weight is 808 g/mol. The molecular formula is C42H51IrN2O2-. The van der Waals surface area contributed by atoms with Gasteiger partial charge >= 0.3 is 0 Å². The van der Waals surface area contributed by atoms with Crippen LogP contribution in [0.4, 0.5) is 0 Å². The second-order valence-electron chi connectivity index (χ2n) is 16.3. The Kier molecular flexibility index (Phi) is 10.2. The van der Waals surface area contributed by atoms with Gasteiger partial charge in [-0.05, 0) is 110 Å². The second-order valence-corrected chi connectivity index (χ2v) is 16.3. The van der Waals surface area contributed by atoms with Gasteiger partial charge in [-0.3, -0.25) is 9.78 Å². The molecule has 4 nitrogen and oxygen atoms in total. The number of carbonyl (C=O) groups is 1. The first-order valence-corrected chi connectivity index (χ1v) is 17.4. The molecule has 1 heterocycles. The summed E-state index contributed by atoms with van der Waals surface area (Å²) in [5.41, 5.74) is 6.50. The molecule has 4 fully saturated rings. The summed E-state index contributed by atoms with van der Waals surface area (Å²) in [5, 5.41) is 13.7. The number of ketones is 1. The molecular weight excluding hydrogens is 757 g/mol. The number of benzene rings is 3. The first-order valence-electron chi connectivity index (χ1n) is 17.4. The van der Waals surface area contributed by atoms with E-state index in [1.807, 2.05) is 39.8 Å². The number of aliphatic hydroxyl groups is 1. The summed E-state index contributed by atoms with van der Waals surface area (Å²) < 4.78 is 0. The summed E-state index contributed by atoms with van der Waals surface area (Å²) in [5.74, 6) is 4.23. The van der Waals surface area contributed by atoms with Crippen molar-refractivity contribution in [3.63, 3.8) is 0 Å². The quantitative estimate of drug-likeness (QED) is 0.0944. The minimum Gasteiger partial charge on any atom is -0.512 e. The molecule has 4 aromatic rings. The predicted molar refractivity (Wildman–Crippen MR) is 190 cm³/mol. The van der Waals surface area contributed by atoms with Gasteiger partial charge in [-0.2, -0.15) is 0 Å². The first kappa shape index (κ1) is 35.4. The van der Waals surface area contributed by atoms with E-state index in [2.05, 4.69) is 64.1 Å². The van der Waals surface area contributed by atoms with Gasteiger partial charge in [-0.25, -0.2) is 4.98 Å². The Morgan fingerprint density at radius 2 is 1.62 bits per heavy atom. The number of aliphatic hydroxyl groups excluding tert-OH is 1. The number of rotatable bonds is 5. The van der Waals surface area contributed by atoms with Crippen molar-refractivity contribution in [2.24, 2.45) is 34.5 Å². The molecule has 1 aromatic heterocycles. The molecule has 4 saturated carbocycles. The standard InChI is InChI=1S/C25H25N2.C17H26O2.Ir/c1-15(2)12-19-13-17(4)23-20(14-19)10-11-22-24(26-18(5)27-25(22)23)21-9-7-6-8-16(21)3;1-16(2,3)14(18)7-15(19)17-8-11-4-12(9-17)6-13(5-11)10-17;/h6-8,10-11,13-15H,12H2,1-5H3;7,11-13,18H,4-6,8-10H2,1-3H3;/q-1;;/b;14-7-;. The third-order valence-corrected chi connectivity index (χ3v) is 10.7. The van der Waals surface area contributed by atoms with Crippen LogP contribution in [-0.2, 0) is 31.3 Å². The fourth-order valence-electron chi connectivity index (χ4n) is 8.91. The number of hydrogen-bond acceptors (Lipinski definition) is 4. The molecule has 4 aliphatic carbocycles. The Labute approximate surface area is 295 Å². The van der Waals surface area contributed by atoms with Crippen molar-refractivity contribution in [3.05, 3.63) is 82.9 Å².